The van der Waals surface area contributed by atoms with Gasteiger partial charge in [0.25, 0.3) is 10.0 Å². The molecule has 0 spiro atoms. The van der Waals surface area contributed by atoms with Gasteiger partial charge in [-0.1, -0.05) is 0 Å². The molecule has 0 heterocycles. The average Bonchev–Trinajstić information content (AvgIpc) is 2.30. The van der Waals surface area contributed by atoms with Gasteiger partial charge in [0.2, 0.25) is 0 Å². The van der Waals surface area contributed by atoms with Crippen molar-refractivity contribution in [1.82, 2.24) is 0 Å². The van der Waals surface area contributed by atoms with Gasteiger partial charge in [-0.2, -0.15) is 0 Å². The Labute approximate surface area is 113 Å². The lowest BCUT2D eigenvalue weighted by Crippen LogP contribution is -2.15. The van der Waals surface area contributed by atoms with Gasteiger partial charge in [0.15, 0.2) is 0 Å². The minimum atomic E-state index is -4.25. The number of sulfonamides is 1. The Hall–Kier alpha value is -2.22. The van der Waals surface area contributed by atoms with Crippen molar-refractivity contribution < 1.29 is 21.6 Å². The molecule has 0 unspecified atom stereocenters. The number of rotatable bonds is 3. The lowest BCUT2D eigenvalue weighted by molar-refractivity contribution is 0.584. The number of benzene rings is 2. The number of nitrogens with two attached hydrogens (primary N) is 1. The molecule has 0 aromatic heterocycles. The first-order valence-corrected chi connectivity index (χ1v) is 6.80. The second-order valence-corrected chi connectivity index (χ2v) is 5.60. The molecule has 0 aliphatic carbocycles. The summed E-state index contributed by atoms with van der Waals surface area (Å²) in [6.07, 6.45) is 0. The lowest BCUT2D eigenvalue weighted by atomic mass is 10.3. The molecule has 4 nitrogen and oxygen atoms in total. The molecule has 20 heavy (non-hydrogen) atoms. The zero-order valence-corrected chi connectivity index (χ0v) is 10.7. The molecule has 0 saturated heterocycles. The molecule has 0 aliphatic rings. The molecule has 3 N–H and O–H groups in total. The van der Waals surface area contributed by atoms with Crippen LogP contribution in [0.25, 0.3) is 0 Å². The molecular weight excluding hydrogens is 293 g/mol. The van der Waals surface area contributed by atoms with Gasteiger partial charge in [-0.05, 0) is 30.3 Å². The fourth-order valence-electron chi connectivity index (χ4n) is 1.56. The minimum absolute atomic E-state index is 0.184. The molecule has 8 heteroatoms. The molecule has 106 valence electrons. The summed E-state index contributed by atoms with van der Waals surface area (Å²) in [5, 5.41) is 0. The molecule has 0 atom stereocenters. The summed E-state index contributed by atoms with van der Waals surface area (Å²) < 4.78 is 65.0. The fraction of sp³-hybridized carbons (Fsp3) is 0. The van der Waals surface area contributed by atoms with Gasteiger partial charge in [0.1, 0.15) is 22.3 Å². The van der Waals surface area contributed by atoms with E-state index in [0.717, 1.165) is 24.3 Å². The second-order valence-electron chi connectivity index (χ2n) is 3.95. The number of halogens is 3. The first-order valence-electron chi connectivity index (χ1n) is 5.32. The Kier molecular flexibility index (Phi) is 3.58. The summed E-state index contributed by atoms with van der Waals surface area (Å²) in [4.78, 5) is -0.512. The zero-order valence-electron chi connectivity index (χ0n) is 9.90. The molecule has 0 fully saturated rings. The predicted octanol–water partition coefficient (Wildman–Crippen LogP) is 2.49. The van der Waals surface area contributed by atoms with E-state index in [2.05, 4.69) is 0 Å². The lowest BCUT2D eigenvalue weighted by Gasteiger charge is -2.10. The Morgan fingerprint density at radius 2 is 1.50 bits per heavy atom. The highest BCUT2D eigenvalue weighted by Crippen LogP contribution is 2.23. The maximum atomic E-state index is 13.1. The number of nitrogens with one attached hydrogen (secondary N) is 1. The highest BCUT2D eigenvalue weighted by Gasteiger charge is 2.19. The highest BCUT2D eigenvalue weighted by molar-refractivity contribution is 7.92. The first-order chi connectivity index (χ1) is 9.28. The van der Waals surface area contributed by atoms with Crippen molar-refractivity contribution >= 4 is 21.4 Å². The van der Waals surface area contributed by atoms with Gasteiger partial charge in [-0.15, -0.1) is 0 Å². The zero-order chi connectivity index (χ0) is 14.9. The number of hydrogen-bond acceptors (Lipinski definition) is 3. The van der Waals surface area contributed by atoms with E-state index in [0.29, 0.717) is 12.1 Å². The second kappa shape index (κ2) is 5.04. The third-order valence-electron chi connectivity index (χ3n) is 2.38. The van der Waals surface area contributed by atoms with Crippen molar-refractivity contribution in [3.05, 3.63) is 53.8 Å². The van der Waals surface area contributed by atoms with Crippen LogP contribution in [0.15, 0.2) is 41.3 Å². The molecule has 0 bridgehead atoms. The van der Waals surface area contributed by atoms with E-state index in [1.54, 1.807) is 0 Å². The van der Waals surface area contributed by atoms with Crippen molar-refractivity contribution in [2.24, 2.45) is 0 Å². The SMILES string of the molecule is Nc1ccc(F)cc1S(=O)(=O)Nc1cc(F)cc(F)c1. The van der Waals surface area contributed by atoms with Crippen molar-refractivity contribution in [3.63, 3.8) is 0 Å². The average molecular weight is 302 g/mol. The molecule has 2 aromatic carbocycles. The van der Waals surface area contributed by atoms with E-state index in [-0.39, 0.29) is 11.4 Å². The van der Waals surface area contributed by atoms with Gasteiger partial charge >= 0.3 is 0 Å². The van der Waals surface area contributed by atoms with Crippen LogP contribution in [0, 0.1) is 17.5 Å². The smallest absolute Gasteiger partial charge is 0.264 e. The van der Waals surface area contributed by atoms with E-state index < -0.39 is 32.4 Å². The molecule has 2 aromatic rings. The highest BCUT2D eigenvalue weighted by atomic mass is 32.2. The normalized spacial score (nSPS) is 11.3. The first kappa shape index (κ1) is 14.2. The summed E-state index contributed by atoms with van der Waals surface area (Å²) in [5.74, 6) is -2.70. The van der Waals surface area contributed by atoms with Crippen molar-refractivity contribution in [2.45, 2.75) is 4.90 Å². The maximum absolute atomic E-state index is 13.1. The minimum Gasteiger partial charge on any atom is -0.398 e. The molecular formula is C12H9F3N2O2S. The van der Waals surface area contributed by atoms with E-state index >= 15 is 0 Å². The molecule has 0 radical (unpaired) electrons. The van der Waals surface area contributed by atoms with Crippen molar-refractivity contribution in [2.75, 3.05) is 10.5 Å². The monoisotopic (exact) mass is 302 g/mol. The van der Waals surface area contributed by atoms with E-state index in [1.807, 2.05) is 4.72 Å². The third-order valence-corrected chi connectivity index (χ3v) is 3.82. The number of nitrogen functional groups attached to an aromatic ring is 1. The van der Waals surface area contributed by atoms with Crippen molar-refractivity contribution in [3.8, 4) is 0 Å². The summed E-state index contributed by atoms with van der Waals surface area (Å²) in [6.45, 7) is 0. The molecule has 0 saturated carbocycles. The van der Waals surface area contributed by atoms with E-state index in [1.165, 1.54) is 0 Å². The summed E-state index contributed by atoms with van der Waals surface area (Å²) >= 11 is 0. The van der Waals surface area contributed by atoms with Gasteiger partial charge < -0.3 is 5.73 Å². The number of hydrogen-bond donors (Lipinski definition) is 2. The van der Waals surface area contributed by atoms with Crippen LogP contribution in [-0.2, 0) is 10.0 Å². The Bertz CT molecular complexity index is 743. The van der Waals surface area contributed by atoms with Crippen LogP contribution in [0.5, 0.6) is 0 Å². The summed E-state index contributed by atoms with van der Waals surface area (Å²) in [5.41, 5.74) is 4.94. The van der Waals surface area contributed by atoms with Gasteiger partial charge in [0.05, 0.1) is 11.4 Å². The van der Waals surface area contributed by atoms with Crippen LogP contribution < -0.4 is 10.5 Å². The summed E-state index contributed by atoms with van der Waals surface area (Å²) in [7, 11) is -4.25. The fourth-order valence-corrected chi connectivity index (χ4v) is 2.75. The standard InChI is InChI=1S/C12H9F3N2O2S/c13-7-1-2-11(16)12(6-7)20(18,19)17-10-4-8(14)3-9(15)5-10/h1-6,17H,16H2. The van der Waals surface area contributed by atoms with Gasteiger partial charge in [0, 0.05) is 6.07 Å². The van der Waals surface area contributed by atoms with Crippen LogP contribution in [0.2, 0.25) is 0 Å². The Morgan fingerprint density at radius 3 is 2.10 bits per heavy atom. The third kappa shape index (κ3) is 3.02. The van der Waals surface area contributed by atoms with E-state index in [9.17, 15) is 21.6 Å². The molecule has 0 aliphatic heterocycles. The maximum Gasteiger partial charge on any atom is 0.264 e. The topological polar surface area (TPSA) is 72.2 Å². The largest absolute Gasteiger partial charge is 0.398 e. The van der Waals surface area contributed by atoms with Crippen molar-refractivity contribution in [1.29, 1.82) is 0 Å². The molecule has 2 rings (SSSR count). The van der Waals surface area contributed by atoms with Gasteiger partial charge in [-0.3, -0.25) is 4.72 Å². The van der Waals surface area contributed by atoms with E-state index in [4.69, 9.17) is 5.73 Å². The Morgan fingerprint density at radius 1 is 0.900 bits per heavy atom. The van der Waals surface area contributed by atoms with Crippen LogP contribution in [0.3, 0.4) is 0 Å². The number of anilines is 2. The van der Waals surface area contributed by atoms with Crippen LogP contribution in [0.4, 0.5) is 24.5 Å². The predicted molar refractivity (Wildman–Crippen MR) is 68.0 cm³/mol. The Balaban J connectivity index is 2.43. The van der Waals surface area contributed by atoms with Crippen LogP contribution in [0.1, 0.15) is 0 Å². The summed E-state index contributed by atoms with van der Waals surface area (Å²) in [6, 6.07) is 4.96. The van der Waals surface area contributed by atoms with Crippen LogP contribution in [-0.4, -0.2) is 8.42 Å². The molecule has 0 amide bonds. The van der Waals surface area contributed by atoms with Gasteiger partial charge in [-0.25, -0.2) is 21.6 Å². The quantitative estimate of drug-likeness (QED) is 0.856. The van der Waals surface area contributed by atoms with Crippen LogP contribution >= 0.6 is 0 Å².